The van der Waals surface area contributed by atoms with Crippen LogP contribution in [0.4, 0.5) is 0 Å². The summed E-state index contributed by atoms with van der Waals surface area (Å²) in [5.74, 6) is 5.95. The second-order valence-corrected chi connectivity index (χ2v) is 8.29. The van der Waals surface area contributed by atoms with Crippen molar-refractivity contribution in [2.75, 3.05) is 0 Å². The standard InChI is InChI=1S/C17H26N6O.C8H11N/c1-12(9-14(10-18)22-20)23-15(7-8-16(23)19)17(24)21-11-13-5-3-2-4-6-13;1-7(2)8-4-3-5-9-6-8/h2-6,10,15-16,22H,1,7-9,11,18-20H2,(H,21,24);3-7H,1-2H3/b14-10-;. The summed E-state index contributed by atoms with van der Waals surface area (Å²) in [5.41, 5.74) is 17.9. The normalized spacial score (nSPS) is 17.8. The topological polar surface area (TPSA) is 135 Å². The molecule has 0 radical (unpaired) electrons. The molecule has 0 aliphatic carbocycles. The van der Waals surface area contributed by atoms with Gasteiger partial charge in [-0.2, -0.15) is 0 Å². The second-order valence-electron chi connectivity index (χ2n) is 8.29. The maximum absolute atomic E-state index is 12.6. The minimum atomic E-state index is -0.326. The molecule has 8 N–H and O–H groups in total. The number of benzene rings is 1. The van der Waals surface area contributed by atoms with E-state index >= 15 is 0 Å². The highest BCUT2D eigenvalue weighted by Gasteiger charge is 2.36. The number of hydrogen-bond donors (Lipinski definition) is 5. The first kappa shape index (κ1) is 25.9. The van der Waals surface area contributed by atoms with Crippen molar-refractivity contribution in [2.45, 2.75) is 57.8 Å². The van der Waals surface area contributed by atoms with Crippen LogP contribution in [0, 0.1) is 0 Å². The number of hydrogen-bond acceptors (Lipinski definition) is 7. The number of rotatable bonds is 8. The van der Waals surface area contributed by atoms with Crippen LogP contribution >= 0.6 is 0 Å². The first-order valence-corrected chi connectivity index (χ1v) is 11.2. The fraction of sp³-hybridized carbons (Fsp3) is 0.360. The summed E-state index contributed by atoms with van der Waals surface area (Å²) in [6.07, 6.45) is 6.71. The fourth-order valence-corrected chi connectivity index (χ4v) is 3.64. The van der Waals surface area contributed by atoms with Gasteiger partial charge in [0.15, 0.2) is 0 Å². The molecule has 8 nitrogen and oxygen atoms in total. The molecule has 2 heterocycles. The SMILES string of the molecule is C=C(C/C(=C/N)NN)N1C(N)CCC1C(=O)NCc1ccccc1.CC(C)c1cccnc1. The average molecular weight is 452 g/mol. The van der Waals surface area contributed by atoms with Crippen LogP contribution in [0.1, 0.15) is 50.2 Å². The molecule has 8 heteroatoms. The van der Waals surface area contributed by atoms with E-state index in [0.29, 0.717) is 31.0 Å². The molecule has 0 spiro atoms. The van der Waals surface area contributed by atoms with Crippen LogP contribution in [0.25, 0.3) is 0 Å². The van der Waals surface area contributed by atoms with Crippen molar-refractivity contribution in [1.29, 1.82) is 0 Å². The quantitative estimate of drug-likeness (QED) is 0.307. The Kier molecular flexibility index (Phi) is 10.4. The fourth-order valence-electron chi connectivity index (χ4n) is 3.64. The molecule has 3 rings (SSSR count). The van der Waals surface area contributed by atoms with Gasteiger partial charge in [0.05, 0.1) is 6.17 Å². The van der Waals surface area contributed by atoms with E-state index in [-0.39, 0.29) is 18.1 Å². The molecular formula is C25H37N7O. The molecular weight excluding hydrogens is 414 g/mol. The van der Waals surface area contributed by atoms with Gasteiger partial charge in [-0.1, -0.05) is 56.8 Å². The van der Waals surface area contributed by atoms with Gasteiger partial charge in [-0.25, -0.2) is 0 Å². The van der Waals surface area contributed by atoms with E-state index < -0.39 is 0 Å². The van der Waals surface area contributed by atoms with E-state index in [1.54, 1.807) is 6.20 Å². The van der Waals surface area contributed by atoms with Gasteiger partial charge < -0.3 is 27.1 Å². The van der Waals surface area contributed by atoms with Crippen LogP contribution in [0.3, 0.4) is 0 Å². The van der Waals surface area contributed by atoms with Gasteiger partial charge in [-0.05, 0) is 36.0 Å². The molecule has 1 aromatic carbocycles. The maximum Gasteiger partial charge on any atom is 0.243 e. The summed E-state index contributed by atoms with van der Waals surface area (Å²) >= 11 is 0. The largest absolute Gasteiger partial charge is 0.403 e. The number of nitrogens with one attached hydrogen (secondary N) is 2. The molecule has 2 atom stereocenters. The van der Waals surface area contributed by atoms with Gasteiger partial charge in [-0.3, -0.25) is 15.6 Å². The van der Waals surface area contributed by atoms with Gasteiger partial charge in [-0.15, -0.1) is 0 Å². The lowest BCUT2D eigenvalue weighted by Gasteiger charge is -2.31. The zero-order valence-corrected chi connectivity index (χ0v) is 19.6. The summed E-state index contributed by atoms with van der Waals surface area (Å²) in [6.45, 7) is 8.87. The predicted octanol–water partition coefficient (Wildman–Crippen LogP) is 2.42. The van der Waals surface area contributed by atoms with E-state index in [2.05, 4.69) is 42.2 Å². The number of nitrogens with two attached hydrogens (primary N) is 3. The van der Waals surface area contributed by atoms with E-state index in [4.69, 9.17) is 17.3 Å². The Morgan fingerprint density at radius 1 is 1.24 bits per heavy atom. The Hall–Kier alpha value is -3.36. The maximum atomic E-state index is 12.6. The molecule has 1 aliphatic heterocycles. The second kappa shape index (κ2) is 13.2. The molecule has 1 fully saturated rings. The van der Waals surface area contributed by atoms with Crippen LogP contribution in [-0.4, -0.2) is 28.0 Å². The van der Waals surface area contributed by atoms with E-state index in [0.717, 1.165) is 17.7 Å². The van der Waals surface area contributed by atoms with Gasteiger partial charge >= 0.3 is 0 Å². The van der Waals surface area contributed by atoms with E-state index in [9.17, 15) is 4.79 Å². The van der Waals surface area contributed by atoms with E-state index in [1.165, 1.54) is 11.8 Å². The van der Waals surface area contributed by atoms with Crippen LogP contribution in [0.15, 0.2) is 79.0 Å². The number of carbonyl (C=O) groups excluding carboxylic acids is 1. The van der Waals surface area contributed by atoms with Crippen molar-refractivity contribution >= 4 is 5.91 Å². The zero-order valence-electron chi connectivity index (χ0n) is 19.6. The molecule has 1 aliphatic rings. The number of amides is 1. The highest BCUT2D eigenvalue weighted by molar-refractivity contribution is 5.82. The molecule has 178 valence electrons. The number of hydrazine groups is 1. The minimum absolute atomic E-state index is 0.0491. The Morgan fingerprint density at radius 2 is 1.97 bits per heavy atom. The Bertz CT molecular complexity index is 899. The molecule has 1 saturated heterocycles. The lowest BCUT2D eigenvalue weighted by atomic mass is 10.1. The van der Waals surface area contributed by atoms with Gasteiger partial charge in [0.25, 0.3) is 0 Å². The molecule has 0 saturated carbocycles. The number of nitrogens with zero attached hydrogens (tertiary/aromatic N) is 2. The van der Waals surface area contributed by atoms with Crippen LogP contribution < -0.4 is 28.1 Å². The smallest absolute Gasteiger partial charge is 0.243 e. The molecule has 1 amide bonds. The van der Waals surface area contributed by atoms with Crippen molar-refractivity contribution in [1.82, 2.24) is 20.6 Å². The van der Waals surface area contributed by atoms with Crippen molar-refractivity contribution < 1.29 is 4.79 Å². The first-order valence-electron chi connectivity index (χ1n) is 11.2. The molecule has 0 bridgehead atoms. The van der Waals surface area contributed by atoms with E-state index in [1.807, 2.05) is 47.5 Å². The van der Waals surface area contributed by atoms with Crippen molar-refractivity contribution in [3.63, 3.8) is 0 Å². The van der Waals surface area contributed by atoms with Gasteiger partial charge in [0.2, 0.25) is 5.91 Å². The third kappa shape index (κ3) is 7.93. The molecule has 2 aromatic rings. The Labute approximate surface area is 196 Å². The van der Waals surface area contributed by atoms with Crippen LogP contribution in [0.2, 0.25) is 0 Å². The lowest BCUT2D eigenvalue weighted by molar-refractivity contribution is -0.125. The Balaban J connectivity index is 0.000000357. The summed E-state index contributed by atoms with van der Waals surface area (Å²) in [4.78, 5) is 18.4. The summed E-state index contributed by atoms with van der Waals surface area (Å²) in [7, 11) is 0. The van der Waals surface area contributed by atoms with Crippen LogP contribution in [0.5, 0.6) is 0 Å². The van der Waals surface area contributed by atoms with Gasteiger partial charge in [0.1, 0.15) is 6.04 Å². The highest BCUT2D eigenvalue weighted by Crippen LogP contribution is 2.27. The number of likely N-dealkylation sites (tertiary alicyclic amines) is 1. The summed E-state index contributed by atoms with van der Waals surface area (Å²) in [6, 6.07) is 13.5. The number of carbonyl (C=O) groups is 1. The van der Waals surface area contributed by atoms with Crippen molar-refractivity contribution in [2.24, 2.45) is 17.3 Å². The number of aromatic nitrogens is 1. The molecule has 1 aromatic heterocycles. The lowest BCUT2D eigenvalue weighted by Crippen LogP contribution is -2.47. The van der Waals surface area contributed by atoms with Crippen molar-refractivity contribution in [3.05, 3.63) is 90.2 Å². The molecule has 2 unspecified atom stereocenters. The first-order chi connectivity index (χ1) is 15.9. The van der Waals surface area contributed by atoms with Gasteiger partial charge in [0, 0.05) is 43.0 Å². The Morgan fingerprint density at radius 3 is 2.52 bits per heavy atom. The molecule has 33 heavy (non-hydrogen) atoms. The monoisotopic (exact) mass is 451 g/mol. The third-order valence-electron chi connectivity index (χ3n) is 5.54. The zero-order chi connectivity index (χ0) is 24.2. The summed E-state index contributed by atoms with van der Waals surface area (Å²) in [5, 5.41) is 2.97. The predicted molar refractivity (Wildman–Crippen MR) is 133 cm³/mol. The minimum Gasteiger partial charge on any atom is -0.403 e. The van der Waals surface area contributed by atoms with Crippen molar-refractivity contribution in [3.8, 4) is 0 Å². The van der Waals surface area contributed by atoms with Crippen LogP contribution in [-0.2, 0) is 11.3 Å². The average Bonchev–Trinajstić information content (AvgIpc) is 3.24. The third-order valence-corrected chi connectivity index (χ3v) is 5.54. The summed E-state index contributed by atoms with van der Waals surface area (Å²) < 4.78 is 0. The number of pyridine rings is 1. The highest BCUT2D eigenvalue weighted by atomic mass is 16.2.